The van der Waals surface area contributed by atoms with Gasteiger partial charge in [-0.05, 0) is 18.9 Å². The Balaban J connectivity index is 1.69. The Kier molecular flexibility index (Phi) is 4.75. The molecule has 3 rings (SSSR count). The van der Waals surface area contributed by atoms with E-state index in [2.05, 4.69) is 22.5 Å². The zero-order valence-electron chi connectivity index (χ0n) is 13.0. The second-order valence-electron chi connectivity index (χ2n) is 5.95. The summed E-state index contributed by atoms with van der Waals surface area (Å²) in [6.45, 7) is 3.27. The summed E-state index contributed by atoms with van der Waals surface area (Å²) >= 11 is 6.45. The number of hydrogen-bond acceptors (Lipinski definition) is 4. The lowest BCUT2D eigenvalue weighted by Gasteiger charge is -2.10. The third-order valence-corrected chi connectivity index (χ3v) is 6.32. The molecule has 0 amide bonds. The molecule has 1 aromatic heterocycles. The Hall–Kier alpha value is -1.37. The van der Waals surface area contributed by atoms with Crippen molar-refractivity contribution < 1.29 is 8.42 Å². The molecule has 1 saturated heterocycles. The number of nitrogens with zero attached hydrogens (tertiary/aromatic N) is 2. The van der Waals surface area contributed by atoms with Crippen molar-refractivity contribution in [3.8, 4) is 0 Å². The fraction of sp³-hybridized carbons (Fsp3) is 0.438. The molecule has 5 nitrogen and oxygen atoms in total. The van der Waals surface area contributed by atoms with E-state index < -0.39 is 9.84 Å². The Morgan fingerprint density at radius 3 is 2.70 bits per heavy atom. The van der Waals surface area contributed by atoms with Crippen LogP contribution in [0.1, 0.15) is 29.3 Å². The van der Waals surface area contributed by atoms with E-state index >= 15 is 0 Å². The minimum atomic E-state index is -2.95. The maximum absolute atomic E-state index is 11.6. The first-order chi connectivity index (χ1) is 11.0. The van der Waals surface area contributed by atoms with Gasteiger partial charge in [0.2, 0.25) is 0 Å². The van der Waals surface area contributed by atoms with E-state index in [4.69, 9.17) is 11.6 Å². The van der Waals surface area contributed by atoms with Crippen LogP contribution in [0.3, 0.4) is 0 Å². The lowest BCUT2D eigenvalue weighted by molar-refractivity contribution is 0.497. The quantitative estimate of drug-likeness (QED) is 0.897. The predicted octanol–water partition coefficient (Wildman–Crippen LogP) is 2.49. The Morgan fingerprint density at radius 1 is 1.30 bits per heavy atom. The first-order valence-corrected chi connectivity index (χ1v) is 9.85. The molecule has 1 N–H and O–H groups in total. The molecule has 7 heteroatoms. The number of nitrogens with one attached hydrogen (secondary N) is 1. The SMILES string of the molecule is Cc1nn([C@@H]2CCS(=O)(=O)C2)c(Cl)c1CNCc1ccccc1. The van der Waals surface area contributed by atoms with Gasteiger partial charge in [0.15, 0.2) is 9.84 Å². The highest BCUT2D eigenvalue weighted by atomic mass is 35.5. The number of aryl methyl sites for hydroxylation is 1. The molecule has 1 fully saturated rings. The monoisotopic (exact) mass is 353 g/mol. The highest BCUT2D eigenvalue weighted by Crippen LogP contribution is 2.29. The summed E-state index contributed by atoms with van der Waals surface area (Å²) < 4.78 is 25.0. The molecule has 1 atom stereocenters. The number of halogens is 1. The molecule has 0 unspecified atom stereocenters. The van der Waals surface area contributed by atoms with Crippen LogP contribution in [0.15, 0.2) is 30.3 Å². The zero-order chi connectivity index (χ0) is 16.4. The first kappa shape index (κ1) is 16.5. The Bertz CT molecular complexity index is 787. The summed E-state index contributed by atoms with van der Waals surface area (Å²) in [6, 6.07) is 9.99. The smallest absolute Gasteiger partial charge is 0.152 e. The van der Waals surface area contributed by atoms with E-state index in [-0.39, 0.29) is 17.5 Å². The third-order valence-electron chi connectivity index (χ3n) is 4.17. The fourth-order valence-corrected chi connectivity index (χ4v) is 4.96. The van der Waals surface area contributed by atoms with Crippen LogP contribution < -0.4 is 5.32 Å². The van der Waals surface area contributed by atoms with Crippen molar-refractivity contribution in [3.05, 3.63) is 52.3 Å². The number of rotatable bonds is 5. The lowest BCUT2D eigenvalue weighted by Crippen LogP contribution is -2.14. The molecule has 0 radical (unpaired) electrons. The van der Waals surface area contributed by atoms with Gasteiger partial charge in [-0.15, -0.1) is 0 Å². The summed E-state index contributed by atoms with van der Waals surface area (Å²) in [5, 5.41) is 8.37. The van der Waals surface area contributed by atoms with Gasteiger partial charge >= 0.3 is 0 Å². The maximum atomic E-state index is 11.6. The summed E-state index contributed by atoms with van der Waals surface area (Å²) in [4.78, 5) is 0. The summed E-state index contributed by atoms with van der Waals surface area (Å²) in [6.07, 6.45) is 0.583. The van der Waals surface area contributed by atoms with Crippen molar-refractivity contribution in [2.45, 2.75) is 32.5 Å². The molecule has 1 aliphatic rings. The second-order valence-corrected chi connectivity index (χ2v) is 8.53. The maximum Gasteiger partial charge on any atom is 0.152 e. The van der Waals surface area contributed by atoms with E-state index in [1.54, 1.807) is 4.68 Å². The average molecular weight is 354 g/mol. The molecule has 1 aliphatic heterocycles. The predicted molar refractivity (Wildman–Crippen MR) is 91.3 cm³/mol. The molecule has 0 aliphatic carbocycles. The van der Waals surface area contributed by atoms with E-state index in [1.165, 1.54) is 5.56 Å². The zero-order valence-corrected chi connectivity index (χ0v) is 14.6. The first-order valence-electron chi connectivity index (χ1n) is 7.65. The van der Waals surface area contributed by atoms with Crippen LogP contribution in [0.4, 0.5) is 0 Å². The molecule has 0 saturated carbocycles. The van der Waals surface area contributed by atoms with Gasteiger partial charge in [0.05, 0.1) is 23.2 Å². The van der Waals surface area contributed by atoms with Crippen LogP contribution in [0.25, 0.3) is 0 Å². The van der Waals surface area contributed by atoms with Gasteiger partial charge in [-0.1, -0.05) is 41.9 Å². The Morgan fingerprint density at radius 2 is 2.04 bits per heavy atom. The summed E-state index contributed by atoms with van der Waals surface area (Å²) in [5.74, 6) is 0.346. The number of hydrogen-bond donors (Lipinski definition) is 1. The largest absolute Gasteiger partial charge is 0.308 e. The van der Waals surface area contributed by atoms with Crippen molar-refractivity contribution in [1.82, 2.24) is 15.1 Å². The van der Waals surface area contributed by atoms with Crippen LogP contribution in [-0.4, -0.2) is 29.7 Å². The van der Waals surface area contributed by atoms with E-state index in [0.29, 0.717) is 18.1 Å². The molecule has 2 aromatic rings. The van der Waals surface area contributed by atoms with Crippen molar-refractivity contribution in [1.29, 1.82) is 0 Å². The summed E-state index contributed by atoms with van der Waals surface area (Å²) in [5.41, 5.74) is 2.99. The van der Waals surface area contributed by atoms with Crippen LogP contribution in [0.5, 0.6) is 0 Å². The fourth-order valence-electron chi connectivity index (χ4n) is 2.89. The van der Waals surface area contributed by atoms with Gasteiger partial charge in [-0.2, -0.15) is 5.10 Å². The highest BCUT2D eigenvalue weighted by molar-refractivity contribution is 7.91. The molecule has 2 heterocycles. The molecular formula is C16H20ClN3O2S. The highest BCUT2D eigenvalue weighted by Gasteiger charge is 2.31. The topological polar surface area (TPSA) is 64.0 Å². The van der Waals surface area contributed by atoms with Crippen LogP contribution in [-0.2, 0) is 22.9 Å². The second kappa shape index (κ2) is 6.63. The number of aromatic nitrogens is 2. The van der Waals surface area contributed by atoms with Gasteiger partial charge in [0.25, 0.3) is 0 Å². The van der Waals surface area contributed by atoms with Crippen molar-refractivity contribution >= 4 is 21.4 Å². The summed E-state index contributed by atoms with van der Waals surface area (Å²) in [7, 11) is -2.95. The van der Waals surface area contributed by atoms with Gasteiger partial charge in [-0.25, -0.2) is 13.1 Å². The average Bonchev–Trinajstić information content (AvgIpc) is 3.01. The molecule has 1 aromatic carbocycles. The number of sulfone groups is 1. The minimum absolute atomic E-state index is 0.130. The molecule has 23 heavy (non-hydrogen) atoms. The van der Waals surface area contributed by atoms with E-state index in [0.717, 1.165) is 17.8 Å². The molecule has 0 spiro atoms. The van der Waals surface area contributed by atoms with Crippen LogP contribution in [0, 0.1) is 6.92 Å². The van der Waals surface area contributed by atoms with E-state index in [1.807, 2.05) is 25.1 Å². The van der Waals surface area contributed by atoms with Gasteiger partial charge < -0.3 is 5.32 Å². The minimum Gasteiger partial charge on any atom is -0.308 e. The standard InChI is InChI=1S/C16H20ClN3O2S/c1-12-15(10-18-9-13-5-3-2-4-6-13)16(17)20(19-12)14-7-8-23(21,22)11-14/h2-6,14,18H,7-11H2,1H3/t14-/m1/s1. The molecule has 124 valence electrons. The van der Waals surface area contributed by atoms with Crippen LogP contribution in [0.2, 0.25) is 5.15 Å². The van der Waals surface area contributed by atoms with Gasteiger partial charge in [0.1, 0.15) is 5.15 Å². The third kappa shape index (κ3) is 3.76. The molecule has 0 bridgehead atoms. The van der Waals surface area contributed by atoms with Crippen molar-refractivity contribution in [2.75, 3.05) is 11.5 Å². The van der Waals surface area contributed by atoms with Crippen molar-refractivity contribution in [2.24, 2.45) is 0 Å². The normalized spacial score (nSPS) is 20.0. The number of benzene rings is 1. The van der Waals surface area contributed by atoms with E-state index in [9.17, 15) is 8.42 Å². The van der Waals surface area contributed by atoms with Gasteiger partial charge in [0, 0.05) is 18.7 Å². The molecular weight excluding hydrogens is 334 g/mol. The Labute approximate surface area is 141 Å². The van der Waals surface area contributed by atoms with Gasteiger partial charge in [-0.3, -0.25) is 0 Å². The lowest BCUT2D eigenvalue weighted by atomic mass is 10.2. The van der Waals surface area contributed by atoms with Crippen LogP contribution >= 0.6 is 11.6 Å². The van der Waals surface area contributed by atoms with Crippen molar-refractivity contribution in [3.63, 3.8) is 0 Å².